The van der Waals surface area contributed by atoms with Crippen molar-refractivity contribution in [2.24, 2.45) is 0 Å². The number of aromatic nitrogens is 3. The van der Waals surface area contributed by atoms with E-state index in [1.54, 1.807) is 6.92 Å². The summed E-state index contributed by atoms with van der Waals surface area (Å²) in [4.78, 5) is 22.3. The lowest BCUT2D eigenvalue weighted by molar-refractivity contribution is -0.138. The molecule has 0 aliphatic carbocycles. The van der Waals surface area contributed by atoms with E-state index in [0.29, 0.717) is 17.8 Å². The number of carbonyl (C=O) groups excluding carboxylic acids is 1. The summed E-state index contributed by atoms with van der Waals surface area (Å²) < 4.78 is 4.86. The highest BCUT2D eigenvalue weighted by Crippen LogP contribution is 2.06. The number of nitrogens with zero attached hydrogens (tertiary/aromatic N) is 3. The van der Waals surface area contributed by atoms with Gasteiger partial charge in [0.2, 0.25) is 10.6 Å². The van der Waals surface area contributed by atoms with E-state index in [4.69, 9.17) is 27.9 Å². The van der Waals surface area contributed by atoms with Gasteiger partial charge in [0, 0.05) is 12.0 Å². The Morgan fingerprint density at radius 1 is 1.31 bits per heavy atom. The topological polar surface area (TPSA) is 65.0 Å². The van der Waals surface area contributed by atoms with Gasteiger partial charge >= 0.3 is 5.97 Å². The largest absolute Gasteiger partial charge is 0.462 e. The van der Waals surface area contributed by atoms with Crippen molar-refractivity contribution in [3.63, 3.8) is 0 Å². The molecular weight excluding hydrogens is 253 g/mol. The molecule has 0 saturated heterocycles. The van der Waals surface area contributed by atoms with Crippen LogP contribution in [-0.2, 0) is 16.0 Å². The highest BCUT2D eigenvalue weighted by molar-refractivity contribution is 6.30. The van der Waals surface area contributed by atoms with Crippen LogP contribution in [0.5, 0.6) is 0 Å². The Hall–Kier alpha value is -1.20. The Morgan fingerprint density at radius 2 is 1.88 bits per heavy atom. The molecule has 0 unspecified atom stereocenters. The van der Waals surface area contributed by atoms with Crippen LogP contribution in [0.15, 0.2) is 12.2 Å². The van der Waals surface area contributed by atoms with E-state index in [1.165, 1.54) is 0 Å². The summed E-state index contributed by atoms with van der Waals surface area (Å²) in [5.74, 6) is -0.0780. The van der Waals surface area contributed by atoms with Gasteiger partial charge in [-0.05, 0) is 30.1 Å². The Bertz CT molecular complexity index is 403. The first-order valence-corrected chi connectivity index (χ1v) is 5.13. The molecule has 0 N–H and O–H groups in total. The molecule has 0 aromatic carbocycles. The van der Waals surface area contributed by atoms with E-state index < -0.39 is 5.97 Å². The summed E-state index contributed by atoms with van der Waals surface area (Å²) in [6.07, 6.45) is 0.320. The number of carbonyl (C=O) groups is 1. The highest BCUT2D eigenvalue weighted by atomic mass is 35.5. The molecular formula is C9H9Cl2N3O2. The van der Waals surface area contributed by atoms with Gasteiger partial charge in [-0.1, -0.05) is 6.58 Å². The standard InChI is InChI=1S/C9H9Cl2N3O2/c1-5(2)7(15)16-4-3-6-12-8(10)14-9(11)13-6/h1,3-4H2,2H3. The van der Waals surface area contributed by atoms with Crippen LogP contribution < -0.4 is 0 Å². The van der Waals surface area contributed by atoms with Crippen molar-refractivity contribution in [3.05, 3.63) is 28.5 Å². The molecule has 0 aliphatic heterocycles. The molecule has 0 saturated carbocycles. The number of hydrogen-bond donors (Lipinski definition) is 0. The summed E-state index contributed by atoms with van der Waals surface area (Å²) in [5, 5.41) is 0.0301. The van der Waals surface area contributed by atoms with Crippen LogP contribution in [0.25, 0.3) is 0 Å². The number of rotatable bonds is 4. The van der Waals surface area contributed by atoms with Crippen LogP contribution in [-0.4, -0.2) is 27.5 Å². The van der Waals surface area contributed by atoms with E-state index in [1.807, 2.05) is 0 Å². The van der Waals surface area contributed by atoms with E-state index >= 15 is 0 Å². The minimum atomic E-state index is -0.453. The van der Waals surface area contributed by atoms with Crippen molar-refractivity contribution in [2.75, 3.05) is 6.61 Å². The van der Waals surface area contributed by atoms with Crippen LogP contribution >= 0.6 is 23.2 Å². The van der Waals surface area contributed by atoms with Gasteiger partial charge in [-0.15, -0.1) is 0 Å². The van der Waals surface area contributed by atoms with Gasteiger partial charge in [0.1, 0.15) is 5.82 Å². The Labute approximate surface area is 102 Å². The quantitative estimate of drug-likeness (QED) is 0.611. The molecule has 1 rings (SSSR count). The first-order valence-electron chi connectivity index (χ1n) is 4.37. The first-order chi connectivity index (χ1) is 7.49. The molecule has 0 atom stereocenters. The average molecular weight is 262 g/mol. The number of hydrogen-bond acceptors (Lipinski definition) is 5. The maximum Gasteiger partial charge on any atom is 0.333 e. The van der Waals surface area contributed by atoms with Crippen LogP contribution in [0.3, 0.4) is 0 Å². The third-order valence-corrected chi connectivity index (χ3v) is 1.87. The second-order valence-electron chi connectivity index (χ2n) is 2.96. The first kappa shape index (κ1) is 12.9. The second kappa shape index (κ2) is 5.77. The maximum absolute atomic E-state index is 11.0. The monoisotopic (exact) mass is 261 g/mol. The molecule has 0 amide bonds. The molecule has 7 heteroatoms. The van der Waals surface area contributed by atoms with Crippen molar-refractivity contribution < 1.29 is 9.53 Å². The molecule has 1 aromatic heterocycles. The fraction of sp³-hybridized carbons (Fsp3) is 0.333. The van der Waals surface area contributed by atoms with Gasteiger partial charge in [0.25, 0.3) is 0 Å². The van der Waals surface area contributed by atoms with Crippen molar-refractivity contribution in [1.82, 2.24) is 15.0 Å². The van der Waals surface area contributed by atoms with Gasteiger partial charge in [-0.25, -0.2) is 14.8 Å². The second-order valence-corrected chi connectivity index (χ2v) is 3.63. The van der Waals surface area contributed by atoms with Crippen LogP contribution in [0.1, 0.15) is 12.7 Å². The summed E-state index contributed by atoms with van der Waals surface area (Å²) >= 11 is 11.1. The van der Waals surface area contributed by atoms with Crippen molar-refractivity contribution in [2.45, 2.75) is 13.3 Å². The average Bonchev–Trinajstić information content (AvgIpc) is 2.15. The molecule has 0 aliphatic rings. The predicted octanol–water partition coefficient (Wildman–Crippen LogP) is 1.84. The third kappa shape index (κ3) is 4.12. The zero-order valence-electron chi connectivity index (χ0n) is 8.54. The van der Waals surface area contributed by atoms with E-state index in [2.05, 4.69) is 21.5 Å². The Morgan fingerprint density at radius 3 is 2.38 bits per heavy atom. The normalized spacial score (nSPS) is 9.94. The van der Waals surface area contributed by atoms with Gasteiger partial charge in [0.05, 0.1) is 6.61 Å². The van der Waals surface area contributed by atoms with Crippen LogP contribution in [0, 0.1) is 0 Å². The lowest BCUT2D eigenvalue weighted by atomic mass is 10.3. The molecule has 0 spiro atoms. The lowest BCUT2D eigenvalue weighted by Crippen LogP contribution is -2.10. The molecule has 5 nitrogen and oxygen atoms in total. The molecule has 1 aromatic rings. The van der Waals surface area contributed by atoms with E-state index in [0.717, 1.165) is 0 Å². The third-order valence-electron chi connectivity index (χ3n) is 1.53. The maximum atomic E-state index is 11.0. The van der Waals surface area contributed by atoms with E-state index in [9.17, 15) is 4.79 Å². The van der Waals surface area contributed by atoms with Gasteiger partial charge < -0.3 is 4.74 Å². The van der Waals surface area contributed by atoms with E-state index in [-0.39, 0.29) is 17.2 Å². The van der Waals surface area contributed by atoms with Crippen molar-refractivity contribution in [1.29, 1.82) is 0 Å². The molecule has 1 heterocycles. The van der Waals surface area contributed by atoms with Gasteiger partial charge in [-0.3, -0.25) is 0 Å². The Kier molecular flexibility index (Phi) is 4.64. The molecule has 0 radical (unpaired) electrons. The summed E-state index contributed by atoms with van der Waals surface area (Å²) in [6.45, 7) is 5.16. The zero-order chi connectivity index (χ0) is 12.1. The zero-order valence-corrected chi connectivity index (χ0v) is 10.0. The molecule has 86 valence electrons. The van der Waals surface area contributed by atoms with Crippen LogP contribution in [0.4, 0.5) is 0 Å². The molecule has 0 bridgehead atoms. The fourth-order valence-electron chi connectivity index (χ4n) is 0.834. The summed E-state index contributed by atoms with van der Waals surface area (Å²) in [5.41, 5.74) is 0.340. The van der Waals surface area contributed by atoms with Crippen molar-refractivity contribution >= 4 is 29.2 Å². The van der Waals surface area contributed by atoms with Crippen LogP contribution in [0.2, 0.25) is 10.6 Å². The Balaban J connectivity index is 2.49. The fourth-order valence-corrected chi connectivity index (χ4v) is 1.23. The SMILES string of the molecule is C=C(C)C(=O)OCCc1nc(Cl)nc(Cl)n1. The predicted molar refractivity (Wildman–Crippen MR) is 59.3 cm³/mol. The summed E-state index contributed by atoms with van der Waals surface area (Å²) in [7, 11) is 0. The molecule has 0 fully saturated rings. The summed E-state index contributed by atoms with van der Waals surface area (Å²) in [6, 6.07) is 0. The highest BCUT2D eigenvalue weighted by Gasteiger charge is 2.06. The van der Waals surface area contributed by atoms with Crippen molar-refractivity contribution in [3.8, 4) is 0 Å². The van der Waals surface area contributed by atoms with Gasteiger partial charge in [0.15, 0.2) is 0 Å². The number of esters is 1. The number of ether oxygens (including phenoxy) is 1. The number of halogens is 2. The molecule has 16 heavy (non-hydrogen) atoms. The smallest absolute Gasteiger partial charge is 0.333 e. The lowest BCUT2D eigenvalue weighted by Gasteiger charge is -2.03. The minimum Gasteiger partial charge on any atom is -0.462 e. The van der Waals surface area contributed by atoms with Gasteiger partial charge in [-0.2, -0.15) is 4.98 Å². The minimum absolute atomic E-state index is 0.0150.